The lowest BCUT2D eigenvalue weighted by Gasteiger charge is -2.39. The van der Waals surface area contributed by atoms with Gasteiger partial charge in [0.15, 0.2) is 11.9 Å². The number of Topliss-reactive ketones (excluding diaryl/α,β-unsaturated/α-hetero) is 1. The van der Waals surface area contributed by atoms with E-state index in [4.69, 9.17) is 14.2 Å². The number of phenols is 2. The Bertz CT molecular complexity index is 1050. The predicted molar refractivity (Wildman–Crippen MR) is 108 cm³/mol. The quantitative estimate of drug-likeness (QED) is 0.392. The summed E-state index contributed by atoms with van der Waals surface area (Å²) in [7, 11) is 1.06. The van der Waals surface area contributed by atoms with Crippen molar-refractivity contribution < 1.29 is 54.1 Å². The molecule has 33 heavy (non-hydrogen) atoms. The van der Waals surface area contributed by atoms with Crippen molar-refractivity contribution in [3.8, 4) is 23.0 Å². The number of rotatable bonds is 4. The number of benzene rings is 2. The van der Waals surface area contributed by atoms with Gasteiger partial charge in [-0.25, -0.2) is 4.79 Å². The fraction of sp³-hybridized carbons (Fsp3) is 0.364. The van der Waals surface area contributed by atoms with Gasteiger partial charge in [-0.15, -0.1) is 0 Å². The molecule has 2 aliphatic heterocycles. The molecule has 4 rings (SSSR count). The molecule has 11 nitrogen and oxygen atoms in total. The molecule has 0 radical (unpaired) electrons. The highest BCUT2D eigenvalue weighted by Crippen LogP contribution is 2.42. The molecule has 0 bridgehead atoms. The Hall–Kier alpha value is -3.38. The molecule has 0 saturated carbocycles. The van der Waals surface area contributed by atoms with Crippen LogP contribution in [0.5, 0.6) is 23.0 Å². The standard InChI is InChI=1S/C22H22O11/c1-30-21(29)20-18(27)17(26)19(28)22(33-20)31-11-6-12(24)16-13(25)8-14(32-15(16)7-11)9-2-4-10(23)5-3-9/h2-7,14,17-20,22-24,26-28H,8H2,1H3. The smallest absolute Gasteiger partial charge is 0.337 e. The van der Waals surface area contributed by atoms with E-state index in [1.54, 1.807) is 12.1 Å². The van der Waals surface area contributed by atoms with Crippen LogP contribution in [-0.2, 0) is 14.3 Å². The first-order valence-electron chi connectivity index (χ1n) is 9.99. The van der Waals surface area contributed by atoms with Gasteiger partial charge in [0.2, 0.25) is 6.29 Å². The van der Waals surface area contributed by atoms with Gasteiger partial charge in [-0.3, -0.25) is 4.79 Å². The lowest BCUT2D eigenvalue weighted by atomic mass is 9.95. The van der Waals surface area contributed by atoms with Crippen LogP contribution in [0, 0.1) is 0 Å². The number of aliphatic hydroxyl groups is 3. The number of methoxy groups -OCH3 is 1. The summed E-state index contributed by atoms with van der Waals surface area (Å²) in [5.41, 5.74) is 0.576. The minimum Gasteiger partial charge on any atom is -0.508 e. The molecule has 1 saturated heterocycles. The van der Waals surface area contributed by atoms with Gasteiger partial charge in [0.25, 0.3) is 0 Å². The van der Waals surface area contributed by atoms with E-state index in [1.165, 1.54) is 18.2 Å². The van der Waals surface area contributed by atoms with Crippen LogP contribution in [0.15, 0.2) is 36.4 Å². The lowest BCUT2D eigenvalue weighted by Crippen LogP contribution is -2.61. The van der Waals surface area contributed by atoms with Crippen LogP contribution >= 0.6 is 0 Å². The summed E-state index contributed by atoms with van der Waals surface area (Å²) in [6.07, 6.45) is -9.24. The number of hydrogen-bond acceptors (Lipinski definition) is 11. The second kappa shape index (κ2) is 8.87. The van der Waals surface area contributed by atoms with Crippen molar-refractivity contribution in [1.29, 1.82) is 0 Å². The molecule has 5 N–H and O–H groups in total. The molecule has 6 unspecified atom stereocenters. The summed E-state index contributed by atoms with van der Waals surface area (Å²) in [5.74, 6) is -1.83. The molecule has 1 fully saturated rings. The first kappa shape index (κ1) is 22.8. The molecule has 6 atom stereocenters. The molecule has 2 aliphatic rings. The number of ether oxygens (including phenoxy) is 4. The highest BCUT2D eigenvalue weighted by Gasteiger charge is 2.48. The largest absolute Gasteiger partial charge is 0.508 e. The number of ketones is 1. The number of esters is 1. The van der Waals surface area contributed by atoms with Gasteiger partial charge in [-0.1, -0.05) is 12.1 Å². The van der Waals surface area contributed by atoms with Crippen LogP contribution in [0.4, 0.5) is 0 Å². The molecule has 0 aliphatic carbocycles. The third kappa shape index (κ3) is 4.31. The summed E-state index contributed by atoms with van der Waals surface area (Å²) in [5, 5.41) is 50.1. The number of carbonyl (C=O) groups excluding carboxylic acids is 2. The van der Waals surface area contributed by atoms with Gasteiger partial charge in [0.1, 0.15) is 53.0 Å². The minimum atomic E-state index is -1.78. The molecule has 2 aromatic rings. The van der Waals surface area contributed by atoms with Crippen LogP contribution in [-0.4, -0.2) is 75.1 Å². The van der Waals surface area contributed by atoms with Crippen molar-refractivity contribution in [3.63, 3.8) is 0 Å². The van der Waals surface area contributed by atoms with Crippen molar-refractivity contribution in [2.75, 3.05) is 7.11 Å². The summed E-state index contributed by atoms with van der Waals surface area (Å²) in [4.78, 5) is 24.5. The number of carbonyl (C=O) groups is 2. The van der Waals surface area contributed by atoms with Gasteiger partial charge in [0.05, 0.1) is 13.5 Å². The van der Waals surface area contributed by atoms with E-state index in [-0.39, 0.29) is 35.0 Å². The SMILES string of the molecule is COC(=O)C1OC(Oc2cc(O)c3c(c2)OC(c2ccc(O)cc2)CC3=O)C(O)C(O)C1O. The monoisotopic (exact) mass is 462 g/mol. The molecular formula is C22H22O11. The Morgan fingerprint density at radius 3 is 2.39 bits per heavy atom. The summed E-state index contributed by atoms with van der Waals surface area (Å²) in [6, 6.07) is 8.50. The Kier molecular flexibility index (Phi) is 6.13. The van der Waals surface area contributed by atoms with E-state index in [9.17, 15) is 35.1 Å². The van der Waals surface area contributed by atoms with E-state index < -0.39 is 48.5 Å². The zero-order valence-corrected chi connectivity index (χ0v) is 17.3. The van der Waals surface area contributed by atoms with Crippen LogP contribution in [0.25, 0.3) is 0 Å². The molecule has 0 spiro atoms. The van der Waals surface area contributed by atoms with E-state index in [1.807, 2.05) is 0 Å². The average molecular weight is 462 g/mol. The van der Waals surface area contributed by atoms with Gasteiger partial charge >= 0.3 is 5.97 Å². The summed E-state index contributed by atoms with van der Waals surface area (Å²) >= 11 is 0. The van der Waals surface area contributed by atoms with Crippen LogP contribution < -0.4 is 9.47 Å². The third-order valence-electron chi connectivity index (χ3n) is 5.49. The van der Waals surface area contributed by atoms with Gasteiger partial charge in [0, 0.05) is 12.1 Å². The molecule has 0 aromatic heterocycles. The minimum absolute atomic E-state index is 0.00900. The second-order valence-corrected chi connectivity index (χ2v) is 7.68. The van der Waals surface area contributed by atoms with Crippen LogP contribution in [0.1, 0.15) is 28.4 Å². The Morgan fingerprint density at radius 2 is 1.73 bits per heavy atom. The number of hydrogen-bond donors (Lipinski definition) is 5. The highest BCUT2D eigenvalue weighted by molar-refractivity contribution is 6.02. The molecule has 2 heterocycles. The highest BCUT2D eigenvalue weighted by atomic mass is 16.7. The van der Waals surface area contributed by atoms with Crippen LogP contribution in [0.3, 0.4) is 0 Å². The van der Waals surface area contributed by atoms with E-state index in [2.05, 4.69) is 4.74 Å². The van der Waals surface area contributed by atoms with Crippen molar-refractivity contribution in [2.24, 2.45) is 0 Å². The molecule has 176 valence electrons. The zero-order valence-electron chi connectivity index (χ0n) is 17.3. The number of aliphatic hydroxyl groups excluding tert-OH is 3. The maximum Gasteiger partial charge on any atom is 0.337 e. The maximum atomic E-state index is 12.6. The molecule has 11 heteroatoms. The fourth-order valence-corrected chi connectivity index (χ4v) is 3.75. The van der Waals surface area contributed by atoms with Crippen molar-refractivity contribution >= 4 is 11.8 Å². The number of phenolic OH excluding ortho intramolecular Hbond substituents is 2. The molecule has 2 aromatic carbocycles. The van der Waals surface area contributed by atoms with Gasteiger partial charge in [-0.05, 0) is 17.7 Å². The Labute approximate surface area is 187 Å². The van der Waals surface area contributed by atoms with E-state index in [0.717, 1.165) is 13.2 Å². The Morgan fingerprint density at radius 1 is 1.03 bits per heavy atom. The molecular weight excluding hydrogens is 440 g/mol. The summed E-state index contributed by atoms with van der Waals surface area (Å²) in [6.45, 7) is 0. The Balaban J connectivity index is 1.59. The predicted octanol–water partition coefficient (Wildman–Crippen LogP) is 0.164. The molecule has 0 amide bonds. The number of fused-ring (bicyclic) bond motifs is 1. The normalized spacial score (nSPS) is 29.0. The fourth-order valence-electron chi connectivity index (χ4n) is 3.75. The zero-order chi connectivity index (χ0) is 23.9. The van der Waals surface area contributed by atoms with Crippen molar-refractivity contribution in [2.45, 2.75) is 43.2 Å². The number of aromatic hydroxyl groups is 2. The summed E-state index contributed by atoms with van der Waals surface area (Å²) < 4.78 is 21.2. The van der Waals surface area contributed by atoms with Crippen molar-refractivity contribution in [1.82, 2.24) is 0 Å². The van der Waals surface area contributed by atoms with Gasteiger partial charge < -0.3 is 44.5 Å². The van der Waals surface area contributed by atoms with E-state index in [0.29, 0.717) is 5.56 Å². The third-order valence-corrected chi connectivity index (χ3v) is 5.49. The van der Waals surface area contributed by atoms with E-state index >= 15 is 0 Å². The van der Waals surface area contributed by atoms with Crippen LogP contribution in [0.2, 0.25) is 0 Å². The lowest BCUT2D eigenvalue weighted by molar-refractivity contribution is -0.271. The average Bonchev–Trinajstić information content (AvgIpc) is 2.78. The topological polar surface area (TPSA) is 172 Å². The first-order chi connectivity index (χ1) is 15.7. The first-order valence-corrected chi connectivity index (χ1v) is 9.99. The second-order valence-electron chi connectivity index (χ2n) is 7.68. The van der Waals surface area contributed by atoms with Crippen molar-refractivity contribution in [3.05, 3.63) is 47.5 Å². The van der Waals surface area contributed by atoms with Gasteiger partial charge in [-0.2, -0.15) is 0 Å². The maximum absolute atomic E-state index is 12.6.